The molecule has 10 heteroatoms. The van der Waals surface area contributed by atoms with Gasteiger partial charge in [-0.1, -0.05) is 24.3 Å². The molecule has 0 aliphatic heterocycles. The Morgan fingerprint density at radius 3 is 2.48 bits per heavy atom. The number of rotatable bonds is 8. The number of carbonyl (C=O) groups excluding carboxylic acids is 1. The molecule has 1 atom stereocenters. The number of carbonyl (C=O) groups is 1. The van der Waals surface area contributed by atoms with E-state index in [0.29, 0.717) is 11.1 Å². The van der Waals surface area contributed by atoms with Crippen molar-refractivity contribution < 1.29 is 32.4 Å². The van der Waals surface area contributed by atoms with Crippen LogP contribution in [0.25, 0.3) is 0 Å². The molecule has 0 spiro atoms. The van der Waals surface area contributed by atoms with Gasteiger partial charge in [0, 0.05) is 18.2 Å². The summed E-state index contributed by atoms with van der Waals surface area (Å²) in [6, 6.07) is 9.14. The molecule has 0 bridgehead atoms. The number of hydroxylamine groups is 1. The van der Waals surface area contributed by atoms with Crippen molar-refractivity contribution in [3.05, 3.63) is 70.3 Å². The molecule has 7 nitrogen and oxygen atoms in total. The van der Waals surface area contributed by atoms with Gasteiger partial charge in [-0.2, -0.15) is 18.7 Å². The summed E-state index contributed by atoms with van der Waals surface area (Å²) in [4.78, 5) is 22.6. The molecule has 31 heavy (non-hydrogen) atoms. The summed E-state index contributed by atoms with van der Waals surface area (Å²) >= 11 is 0. The zero-order chi connectivity index (χ0) is 23.0. The largest absolute Gasteiger partial charge is 0.479 e. The fraction of sp³-hybridized carbons (Fsp3) is 0.333. The van der Waals surface area contributed by atoms with Gasteiger partial charge in [0.1, 0.15) is 12.6 Å². The zero-order valence-electron chi connectivity index (χ0n) is 17.5. The molecule has 2 N–H and O–H groups in total. The van der Waals surface area contributed by atoms with Gasteiger partial charge >= 0.3 is 6.18 Å². The first-order chi connectivity index (χ1) is 14.7. The fourth-order valence-corrected chi connectivity index (χ4v) is 2.90. The quantitative estimate of drug-likeness (QED) is 0.374. The molecule has 0 aliphatic carbocycles. The summed E-state index contributed by atoms with van der Waals surface area (Å²) in [5.41, 5.74) is 4.04. The summed E-state index contributed by atoms with van der Waals surface area (Å²) in [5, 5.41) is 6.41. The minimum Gasteiger partial charge on any atom is -0.479 e. The normalized spacial score (nSPS) is 12.9. The third-order valence-corrected chi connectivity index (χ3v) is 4.49. The second-order valence-electron chi connectivity index (χ2n) is 6.46. The molecule has 0 heterocycles. The van der Waals surface area contributed by atoms with Crippen molar-refractivity contribution in [2.75, 3.05) is 21.3 Å². The van der Waals surface area contributed by atoms with Crippen molar-refractivity contribution >= 4 is 11.8 Å². The predicted octanol–water partition coefficient (Wildman–Crippen LogP) is 3.48. The van der Waals surface area contributed by atoms with Gasteiger partial charge in [-0.25, -0.2) is 0 Å². The van der Waals surface area contributed by atoms with Gasteiger partial charge in [0.2, 0.25) is 5.91 Å². The number of aryl methyl sites for hydroxylation is 1. The Morgan fingerprint density at radius 2 is 1.87 bits per heavy atom. The monoisotopic (exact) mass is 439 g/mol. The van der Waals surface area contributed by atoms with Crippen LogP contribution in [0.5, 0.6) is 0 Å². The molecular weight excluding hydrogens is 415 g/mol. The number of likely N-dealkylation sites (N-methyl/N-ethyl adjacent to an activating group) is 1. The molecule has 0 saturated carbocycles. The Morgan fingerprint density at radius 1 is 1.16 bits per heavy atom. The second kappa shape index (κ2) is 10.8. The highest BCUT2D eigenvalue weighted by Gasteiger charge is 2.31. The number of benzene rings is 2. The van der Waals surface area contributed by atoms with E-state index in [4.69, 9.17) is 14.4 Å². The smallest absolute Gasteiger partial charge is 0.416 e. The van der Waals surface area contributed by atoms with Crippen LogP contribution in [0.3, 0.4) is 0 Å². The van der Waals surface area contributed by atoms with E-state index in [1.807, 2.05) is 13.0 Å². The van der Waals surface area contributed by atoms with Gasteiger partial charge in [-0.05, 0) is 41.4 Å². The van der Waals surface area contributed by atoms with Crippen molar-refractivity contribution in [1.29, 1.82) is 0 Å². The van der Waals surface area contributed by atoms with Crippen LogP contribution in [0, 0.1) is 6.92 Å². The number of hydrogen-bond acceptors (Lipinski definition) is 6. The molecular formula is C21H24F3N3O4. The molecule has 0 fully saturated rings. The van der Waals surface area contributed by atoms with Crippen LogP contribution in [-0.4, -0.2) is 33.1 Å². The van der Waals surface area contributed by atoms with E-state index in [9.17, 15) is 18.0 Å². The number of methoxy groups -OCH3 is 1. The lowest BCUT2D eigenvalue weighted by Gasteiger charge is -2.20. The maximum absolute atomic E-state index is 13.0. The first-order valence-electron chi connectivity index (χ1n) is 9.23. The van der Waals surface area contributed by atoms with Gasteiger partial charge in [-0.15, -0.1) is 0 Å². The van der Waals surface area contributed by atoms with E-state index in [0.717, 1.165) is 17.7 Å². The van der Waals surface area contributed by atoms with Crippen LogP contribution >= 0.6 is 0 Å². The summed E-state index contributed by atoms with van der Waals surface area (Å²) in [5.74, 6) is -0.433. The number of amides is 1. The standard InChI is InChI=1S/C21H24F3N3O4/c1-13-7-5-10-16(18(26-30-4)19(28)25-2)17(13)12-31-27-20(29-3)14-8-6-9-15(11-14)21(22,23)24/h5-11,18,26H,12H2,1-4H3,(H,25,28)/b27-20-. The Hall–Kier alpha value is -3.11. The van der Waals surface area contributed by atoms with Crippen molar-refractivity contribution in [2.45, 2.75) is 25.7 Å². The maximum atomic E-state index is 13.0. The topological polar surface area (TPSA) is 81.2 Å². The molecule has 0 aliphatic rings. The highest BCUT2D eigenvalue weighted by atomic mass is 19.4. The van der Waals surface area contributed by atoms with Gasteiger partial charge in [0.05, 0.1) is 19.8 Å². The van der Waals surface area contributed by atoms with Crippen molar-refractivity contribution in [3.63, 3.8) is 0 Å². The van der Waals surface area contributed by atoms with Crippen LogP contribution in [0.1, 0.15) is 33.9 Å². The van der Waals surface area contributed by atoms with Gasteiger partial charge < -0.3 is 19.7 Å². The minimum absolute atomic E-state index is 0.0489. The number of halogens is 3. The van der Waals surface area contributed by atoms with Crippen LogP contribution in [0.2, 0.25) is 0 Å². The average molecular weight is 439 g/mol. The molecule has 2 aromatic carbocycles. The molecule has 1 amide bonds. The molecule has 1 unspecified atom stereocenters. The fourth-order valence-electron chi connectivity index (χ4n) is 2.90. The highest BCUT2D eigenvalue weighted by Crippen LogP contribution is 2.30. The van der Waals surface area contributed by atoms with Crippen LogP contribution in [0.4, 0.5) is 13.2 Å². The van der Waals surface area contributed by atoms with E-state index in [-0.39, 0.29) is 24.0 Å². The van der Waals surface area contributed by atoms with Crippen LogP contribution in [0.15, 0.2) is 47.6 Å². The number of nitrogens with one attached hydrogen (secondary N) is 2. The zero-order valence-corrected chi connectivity index (χ0v) is 17.5. The number of ether oxygens (including phenoxy) is 1. The second-order valence-corrected chi connectivity index (χ2v) is 6.46. The maximum Gasteiger partial charge on any atom is 0.416 e. The summed E-state index contributed by atoms with van der Waals surface area (Å²) in [6.07, 6.45) is -4.49. The summed E-state index contributed by atoms with van der Waals surface area (Å²) in [6.45, 7) is 1.79. The van der Waals surface area contributed by atoms with Crippen molar-refractivity contribution in [3.8, 4) is 0 Å². The number of alkyl halides is 3. The third kappa shape index (κ3) is 6.19. The Labute approximate surface area is 178 Å². The Kier molecular flexibility index (Phi) is 8.40. The number of hydrogen-bond donors (Lipinski definition) is 2. The number of oxime groups is 1. The first-order valence-corrected chi connectivity index (χ1v) is 9.23. The number of nitrogens with zero attached hydrogens (tertiary/aromatic N) is 1. The molecule has 0 radical (unpaired) electrons. The average Bonchev–Trinajstić information content (AvgIpc) is 2.75. The third-order valence-electron chi connectivity index (χ3n) is 4.49. The lowest BCUT2D eigenvalue weighted by Crippen LogP contribution is -2.36. The molecule has 2 rings (SSSR count). The SMILES string of the molecule is CNC(=O)C(NOC)c1cccc(C)c1CO/N=C(\OC)c1cccc(C(F)(F)F)c1. The lowest BCUT2D eigenvalue weighted by molar-refractivity contribution is -0.137. The Balaban J connectivity index is 2.30. The van der Waals surface area contributed by atoms with Crippen molar-refractivity contribution in [1.82, 2.24) is 10.8 Å². The highest BCUT2D eigenvalue weighted by molar-refractivity contribution is 5.93. The summed E-state index contributed by atoms with van der Waals surface area (Å²) in [7, 11) is 4.18. The van der Waals surface area contributed by atoms with Crippen LogP contribution < -0.4 is 10.8 Å². The summed E-state index contributed by atoms with van der Waals surface area (Å²) < 4.78 is 44.0. The van der Waals surface area contributed by atoms with Gasteiger partial charge in [0.25, 0.3) is 5.90 Å². The predicted molar refractivity (Wildman–Crippen MR) is 108 cm³/mol. The molecule has 0 aromatic heterocycles. The lowest BCUT2D eigenvalue weighted by atomic mass is 9.96. The van der Waals surface area contributed by atoms with Crippen LogP contribution in [-0.2, 0) is 32.0 Å². The molecule has 2 aromatic rings. The van der Waals surface area contributed by atoms with E-state index in [1.54, 1.807) is 12.1 Å². The minimum atomic E-state index is -4.49. The first kappa shape index (κ1) is 24.2. The van der Waals surface area contributed by atoms with E-state index >= 15 is 0 Å². The van der Waals surface area contributed by atoms with E-state index < -0.39 is 17.8 Å². The van der Waals surface area contributed by atoms with Crippen molar-refractivity contribution in [2.24, 2.45) is 5.16 Å². The van der Waals surface area contributed by atoms with E-state index in [2.05, 4.69) is 16.0 Å². The van der Waals surface area contributed by atoms with E-state index in [1.165, 1.54) is 33.4 Å². The van der Waals surface area contributed by atoms with Gasteiger partial charge in [0.15, 0.2) is 0 Å². The Bertz CT molecular complexity index is 932. The molecule has 168 valence electrons. The molecule has 0 saturated heterocycles. The van der Waals surface area contributed by atoms with Gasteiger partial charge in [-0.3, -0.25) is 4.79 Å².